The summed E-state index contributed by atoms with van der Waals surface area (Å²) in [7, 11) is -1.95. The summed E-state index contributed by atoms with van der Waals surface area (Å²) in [6.45, 7) is 8.53. The number of methoxy groups -OCH3 is 1. The summed E-state index contributed by atoms with van der Waals surface area (Å²) in [6.07, 6.45) is 4.10. The maximum absolute atomic E-state index is 12.7. The van der Waals surface area contributed by atoms with Crippen molar-refractivity contribution in [3.63, 3.8) is 0 Å². The maximum atomic E-state index is 12.7. The van der Waals surface area contributed by atoms with Gasteiger partial charge in [-0.2, -0.15) is 0 Å². The van der Waals surface area contributed by atoms with Gasteiger partial charge in [-0.3, -0.25) is 0 Å². The number of nitrogens with zero attached hydrogens (tertiary/aromatic N) is 1. The fraction of sp³-hybridized carbons (Fsp3) is 0.478. The Hall–Kier alpha value is -2.05. The molecular formula is C23H32N2O3S. The zero-order chi connectivity index (χ0) is 21.0. The zero-order valence-corrected chi connectivity index (χ0v) is 18.7. The van der Waals surface area contributed by atoms with E-state index in [0.717, 1.165) is 42.8 Å². The minimum absolute atomic E-state index is 0.286. The van der Waals surface area contributed by atoms with E-state index in [4.69, 9.17) is 4.74 Å². The average Bonchev–Trinajstić information content (AvgIpc) is 2.68. The Balaban J connectivity index is 1.67. The number of hydrogen-bond donors (Lipinski definition) is 1. The first-order chi connectivity index (χ1) is 13.9. The number of ether oxygens (including phenoxy) is 1. The molecule has 0 saturated heterocycles. The van der Waals surface area contributed by atoms with Gasteiger partial charge in [-0.25, -0.2) is 13.1 Å². The van der Waals surface area contributed by atoms with E-state index in [2.05, 4.69) is 34.7 Å². The van der Waals surface area contributed by atoms with Crippen LogP contribution < -0.4 is 14.4 Å². The number of benzene rings is 2. The highest BCUT2D eigenvalue weighted by Gasteiger charge is 2.18. The van der Waals surface area contributed by atoms with E-state index >= 15 is 0 Å². The van der Waals surface area contributed by atoms with Crippen LogP contribution in [0.25, 0.3) is 0 Å². The van der Waals surface area contributed by atoms with E-state index in [1.54, 1.807) is 19.2 Å². The molecule has 3 rings (SSSR count). The van der Waals surface area contributed by atoms with Crippen molar-refractivity contribution in [1.82, 2.24) is 4.72 Å². The smallest absolute Gasteiger partial charge is 0.240 e. The third-order valence-corrected chi connectivity index (χ3v) is 6.95. The van der Waals surface area contributed by atoms with Crippen molar-refractivity contribution in [3.05, 3.63) is 52.6 Å². The van der Waals surface area contributed by atoms with E-state index < -0.39 is 10.0 Å². The van der Waals surface area contributed by atoms with Crippen LogP contribution in [-0.2, 0) is 22.9 Å². The quantitative estimate of drug-likeness (QED) is 0.707. The van der Waals surface area contributed by atoms with Gasteiger partial charge in [-0.05, 0) is 80.0 Å². The summed E-state index contributed by atoms with van der Waals surface area (Å²) in [6, 6.07) is 9.89. The predicted octanol–water partition coefficient (Wildman–Crippen LogP) is 4.00. The number of fused-ring (bicyclic) bond motifs is 1. The van der Waals surface area contributed by atoms with E-state index in [0.29, 0.717) is 13.0 Å². The molecule has 29 heavy (non-hydrogen) atoms. The number of sulfonamides is 1. The maximum Gasteiger partial charge on any atom is 0.240 e. The van der Waals surface area contributed by atoms with Crippen molar-refractivity contribution < 1.29 is 13.2 Å². The summed E-state index contributed by atoms with van der Waals surface area (Å²) in [4.78, 5) is 2.74. The lowest BCUT2D eigenvalue weighted by Gasteiger charge is -2.31. The molecule has 0 fully saturated rings. The monoisotopic (exact) mass is 416 g/mol. The van der Waals surface area contributed by atoms with E-state index in [-0.39, 0.29) is 4.90 Å². The molecule has 0 atom stereocenters. The first-order valence-electron chi connectivity index (χ1n) is 10.4. The summed E-state index contributed by atoms with van der Waals surface area (Å²) in [5, 5.41) is 0. The van der Waals surface area contributed by atoms with Crippen LogP contribution in [0.15, 0.2) is 35.2 Å². The van der Waals surface area contributed by atoms with Crippen molar-refractivity contribution in [1.29, 1.82) is 0 Å². The van der Waals surface area contributed by atoms with Gasteiger partial charge in [0.05, 0.1) is 12.0 Å². The Kier molecular flexibility index (Phi) is 6.85. The first kappa shape index (κ1) is 21.7. The predicted molar refractivity (Wildman–Crippen MR) is 119 cm³/mol. The average molecular weight is 417 g/mol. The molecule has 0 amide bonds. The lowest BCUT2D eigenvalue weighted by Crippen LogP contribution is -2.30. The Morgan fingerprint density at radius 3 is 2.52 bits per heavy atom. The third kappa shape index (κ3) is 4.93. The standard InChI is InChI=1S/C23H32N2O3S/c1-5-12-25-13-6-7-20-16-19(8-9-22(20)25)10-11-24-29(26,27)21-14-17(2)23(28-4)18(3)15-21/h8-9,14-16,24H,5-7,10-13H2,1-4H3. The van der Waals surface area contributed by atoms with Gasteiger partial charge in [0.25, 0.3) is 0 Å². The SMILES string of the molecule is CCCN1CCCc2cc(CCNS(=O)(=O)c3cc(C)c(OC)c(C)c3)ccc21. The van der Waals surface area contributed by atoms with Gasteiger partial charge >= 0.3 is 0 Å². The number of rotatable bonds is 8. The topological polar surface area (TPSA) is 58.6 Å². The number of hydrogen-bond acceptors (Lipinski definition) is 4. The molecule has 0 saturated carbocycles. The highest BCUT2D eigenvalue weighted by molar-refractivity contribution is 7.89. The molecular weight excluding hydrogens is 384 g/mol. The molecule has 1 heterocycles. The van der Waals surface area contributed by atoms with Crippen LogP contribution in [0, 0.1) is 13.8 Å². The molecule has 0 aromatic heterocycles. The Labute approximate surface area is 175 Å². The van der Waals surface area contributed by atoms with Gasteiger partial charge in [0.2, 0.25) is 10.0 Å². The van der Waals surface area contributed by atoms with Gasteiger partial charge in [0.1, 0.15) is 5.75 Å². The van der Waals surface area contributed by atoms with Crippen LogP contribution in [0.1, 0.15) is 42.0 Å². The van der Waals surface area contributed by atoms with Gasteiger partial charge in [-0.15, -0.1) is 0 Å². The second-order valence-corrected chi connectivity index (χ2v) is 9.56. The lowest BCUT2D eigenvalue weighted by atomic mass is 9.98. The van der Waals surface area contributed by atoms with Crippen LogP contribution in [0.2, 0.25) is 0 Å². The van der Waals surface area contributed by atoms with Crippen LogP contribution in [-0.4, -0.2) is 35.2 Å². The molecule has 1 N–H and O–H groups in total. The molecule has 5 nitrogen and oxygen atoms in total. The molecule has 158 valence electrons. The molecule has 0 radical (unpaired) electrons. The second kappa shape index (κ2) is 9.18. The highest BCUT2D eigenvalue weighted by Crippen LogP contribution is 2.29. The van der Waals surface area contributed by atoms with Crippen LogP contribution in [0.4, 0.5) is 5.69 Å². The fourth-order valence-corrected chi connectivity index (χ4v) is 5.39. The van der Waals surface area contributed by atoms with Crippen LogP contribution in [0.5, 0.6) is 5.75 Å². The van der Waals surface area contributed by atoms with Crippen molar-refractivity contribution in [2.45, 2.75) is 51.3 Å². The molecule has 0 bridgehead atoms. The Morgan fingerprint density at radius 2 is 1.86 bits per heavy atom. The fourth-order valence-electron chi connectivity index (χ4n) is 4.19. The lowest BCUT2D eigenvalue weighted by molar-refractivity contribution is 0.408. The minimum atomic E-state index is -3.55. The molecule has 0 aliphatic carbocycles. The summed E-state index contributed by atoms with van der Waals surface area (Å²) < 4.78 is 33.5. The van der Waals surface area contributed by atoms with Crippen LogP contribution >= 0.6 is 0 Å². The zero-order valence-electron chi connectivity index (χ0n) is 17.9. The second-order valence-electron chi connectivity index (χ2n) is 7.79. The Morgan fingerprint density at radius 1 is 1.14 bits per heavy atom. The van der Waals surface area contributed by atoms with Gasteiger partial charge < -0.3 is 9.64 Å². The summed E-state index contributed by atoms with van der Waals surface area (Å²) >= 11 is 0. The molecule has 1 aliphatic heterocycles. The van der Waals surface area contributed by atoms with Crippen molar-refractivity contribution >= 4 is 15.7 Å². The molecule has 2 aromatic rings. The highest BCUT2D eigenvalue weighted by atomic mass is 32.2. The van der Waals surface area contributed by atoms with Gasteiger partial charge in [0.15, 0.2) is 0 Å². The minimum Gasteiger partial charge on any atom is -0.496 e. The molecule has 2 aromatic carbocycles. The van der Waals surface area contributed by atoms with Crippen molar-refractivity contribution in [2.24, 2.45) is 0 Å². The third-order valence-electron chi connectivity index (χ3n) is 5.51. The van der Waals surface area contributed by atoms with Gasteiger partial charge in [0, 0.05) is 25.3 Å². The number of anilines is 1. The number of nitrogens with one attached hydrogen (secondary N) is 1. The summed E-state index contributed by atoms with van der Waals surface area (Å²) in [5.74, 6) is 0.732. The normalized spacial score (nSPS) is 14.0. The van der Waals surface area contributed by atoms with E-state index in [1.807, 2.05) is 13.8 Å². The molecule has 6 heteroatoms. The van der Waals surface area contributed by atoms with E-state index in [9.17, 15) is 8.42 Å². The van der Waals surface area contributed by atoms with Crippen molar-refractivity contribution in [2.75, 3.05) is 31.6 Å². The molecule has 0 spiro atoms. The van der Waals surface area contributed by atoms with Gasteiger partial charge in [-0.1, -0.05) is 19.1 Å². The summed E-state index contributed by atoms with van der Waals surface area (Å²) in [5.41, 5.74) is 5.53. The largest absolute Gasteiger partial charge is 0.496 e. The first-order valence-corrected chi connectivity index (χ1v) is 11.9. The number of aryl methyl sites for hydroxylation is 3. The molecule has 1 aliphatic rings. The Bertz CT molecular complexity index is 947. The van der Waals surface area contributed by atoms with Crippen molar-refractivity contribution in [3.8, 4) is 5.75 Å². The van der Waals surface area contributed by atoms with Crippen LogP contribution in [0.3, 0.4) is 0 Å². The van der Waals surface area contributed by atoms with E-state index in [1.165, 1.54) is 23.2 Å². The molecule has 0 unspecified atom stereocenters.